The zero-order chi connectivity index (χ0) is 12.8. The van der Waals surface area contributed by atoms with Gasteiger partial charge in [-0.3, -0.25) is 4.98 Å². The van der Waals surface area contributed by atoms with Gasteiger partial charge in [-0.15, -0.1) is 0 Å². The van der Waals surface area contributed by atoms with E-state index in [0.717, 1.165) is 16.7 Å². The second-order valence-electron chi connectivity index (χ2n) is 4.04. The molecule has 0 aliphatic heterocycles. The van der Waals surface area contributed by atoms with E-state index < -0.39 is 6.10 Å². The fraction of sp³-hybridized carbons (Fsp3) is 0.188. The number of aliphatic hydroxyl groups is 1. The van der Waals surface area contributed by atoms with Crippen molar-refractivity contribution >= 4 is 0 Å². The largest absolute Gasteiger partial charge is 0.388 e. The average molecular weight is 237 g/mol. The van der Waals surface area contributed by atoms with Crippen LogP contribution in [-0.2, 0) is 0 Å². The van der Waals surface area contributed by atoms with Crippen molar-refractivity contribution in [3.8, 4) is 11.8 Å². The second kappa shape index (κ2) is 6.00. The number of hydrogen-bond donors (Lipinski definition) is 1. The monoisotopic (exact) mass is 237 g/mol. The molecule has 1 heterocycles. The van der Waals surface area contributed by atoms with E-state index in [9.17, 15) is 5.11 Å². The van der Waals surface area contributed by atoms with Gasteiger partial charge in [0.15, 0.2) is 0 Å². The molecule has 0 aliphatic carbocycles. The molecule has 0 radical (unpaired) electrons. The van der Waals surface area contributed by atoms with E-state index in [4.69, 9.17) is 0 Å². The Morgan fingerprint density at radius 1 is 1.17 bits per heavy atom. The van der Waals surface area contributed by atoms with E-state index in [2.05, 4.69) is 16.8 Å². The highest BCUT2D eigenvalue weighted by atomic mass is 16.3. The molecule has 0 spiro atoms. The van der Waals surface area contributed by atoms with E-state index in [1.807, 2.05) is 43.3 Å². The van der Waals surface area contributed by atoms with Crippen molar-refractivity contribution in [2.24, 2.45) is 0 Å². The van der Waals surface area contributed by atoms with Crippen LogP contribution < -0.4 is 0 Å². The maximum atomic E-state index is 9.78. The molecule has 18 heavy (non-hydrogen) atoms. The third-order valence-electron chi connectivity index (χ3n) is 2.67. The molecule has 2 heteroatoms. The molecule has 0 bridgehead atoms. The summed E-state index contributed by atoms with van der Waals surface area (Å²) in [6.07, 6.45) is 3.76. The van der Waals surface area contributed by atoms with Crippen molar-refractivity contribution in [1.82, 2.24) is 4.98 Å². The highest BCUT2D eigenvalue weighted by Gasteiger charge is 2.03. The molecule has 0 saturated carbocycles. The van der Waals surface area contributed by atoms with Crippen LogP contribution in [0.2, 0.25) is 0 Å². The smallest absolute Gasteiger partial charge is 0.0787 e. The summed E-state index contributed by atoms with van der Waals surface area (Å²) in [4.78, 5) is 4.01. The summed E-state index contributed by atoms with van der Waals surface area (Å²) in [5.74, 6) is 6.13. The number of rotatable bonds is 2. The van der Waals surface area contributed by atoms with Gasteiger partial charge in [-0.2, -0.15) is 0 Å². The van der Waals surface area contributed by atoms with Gasteiger partial charge in [0.2, 0.25) is 0 Å². The lowest BCUT2D eigenvalue weighted by Crippen LogP contribution is -1.94. The number of nitrogens with zero attached hydrogens (tertiary/aromatic N) is 1. The van der Waals surface area contributed by atoms with E-state index in [-0.39, 0.29) is 0 Å². The Kier molecular flexibility index (Phi) is 4.11. The number of aromatic nitrogens is 1. The Labute approximate surface area is 107 Å². The van der Waals surface area contributed by atoms with Gasteiger partial charge < -0.3 is 5.11 Å². The number of aliphatic hydroxyl groups excluding tert-OH is 1. The van der Waals surface area contributed by atoms with Crippen molar-refractivity contribution in [1.29, 1.82) is 0 Å². The summed E-state index contributed by atoms with van der Waals surface area (Å²) in [7, 11) is 0. The van der Waals surface area contributed by atoms with Crippen LogP contribution in [0.15, 0.2) is 48.8 Å². The van der Waals surface area contributed by atoms with Gasteiger partial charge in [0, 0.05) is 23.5 Å². The molecule has 2 nitrogen and oxygen atoms in total. The molecule has 1 N–H and O–H groups in total. The molecule has 1 atom stereocenters. The first-order valence-corrected chi connectivity index (χ1v) is 5.99. The topological polar surface area (TPSA) is 33.1 Å². The molecule has 2 rings (SSSR count). The Balaban J connectivity index is 2.23. The van der Waals surface area contributed by atoms with Gasteiger partial charge in [-0.05, 0) is 36.2 Å². The van der Waals surface area contributed by atoms with Crippen LogP contribution in [0.4, 0.5) is 0 Å². The van der Waals surface area contributed by atoms with E-state index in [1.54, 1.807) is 12.4 Å². The molecule has 0 fully saturated rings. The molecule has 0 saturated heterocycles. The zero-order valence-corrected chi connectivity index (χ0v) is 10.3. The molecule has 0 amide bonds. The number of benzene rings is 1. The van der Waals surface area contributed by atoms with Gasteiger partial charge in [-0.1, -0.05) is 30.9 Å². The van der Waals surface area contributed by atoms with Crippen molar-refractivity contribution in [2.45, 2.75) is 19.4 Å². The molecule has 0 aliphatic rings. The fourth-order valence-electron chi connectivity index (χ4n) is 1.64. The minimum Gasteiger partial charge on any atom is -0.388 e. The molecule has 2 aromatic rings. The van der Waals surface area contributed by atoms with Crippen LogP contribution in [0.5, 0.6) is 0 Å². The first kappa shape index (κ1) is 12.3. The third kappa shape index (κ3) is 3.19. The van der Waals surface area contributed by atoms with Gasteiger partial charge in [0.1, 0.15) is 0 Å². The normalized spacial score (nSPS) is 11.4. The summed E-state index contributed by atoms with van der Waals surface area (Å²) < 4.78 is 0. The fourth-order valence-corrected chi connectivity index (χ4v) is 1.64. The molecular weight excluding hydrogens is 222 g/mol. The SMILES string of the molecule is CCC(O)c1cccc(C#Cc2cccnc2)c1. The van der Waals surface area contributed by atoms with Crippen molar-refractivity contribution in [2.75, 3.05) is 0 Å². The van der Waals surface area contributed by atoms with Crippen LogP contribution >= 0.6 is 0 Å². The summed E-state index contributed by atoms with van der Waals surface area (Å²) in [6.45, 7) is 1.96. The highest BCUT2D eigenvalue weighted by Crippen LogP contribution is 2.16. The predicted octanol–water partition coefficient (Wildman–Crippen LogP) is 2.92. The van der Waals surface area contributed by atoms with E-state index >= 15 is 0 Å². The lowest BCUT2D eigenvalue weighted by Gasteiger charge is -2.07. The molecule has 1 aromatic heterocycles. The Hall–Kier alpha value is -2.11. The van der Waals surface area contributed by atoms with Gasteiger partial charge >= 0.3 is 0 Å². The quantitative estimate of drug-likeness (QED) is 0.815. The summed E-state index contributed by atoms with van der Waals surface area (Å²) in [5.41, 5.74) is 2.71. The maximum Gasteiger partial charge on any atom is 0.0787 e. The molecule has 90 valence electrons. The molecular formula is C16H15NO. The summed E-state index contributed by atoms with van der Waals surface area (Å²) >= 11 is 0. The number of pyridine rings is 1. The standard InChI is InChI=1S/C16H15NO/c1-2-16(18)15-7-3-5-13(11-15)8-9-14-6-4-10-17-12-14/h3-7,10-12,16,18H,2H2,1H3. The van der Waals surface area contributed by atoms with Crippen LogP contribution in [0.25, 0.3) is 0 Å². The Bertz CT molecular complexity index is 566. The van der Waals surface area contributed by atoms with E-state index in [0.29, 0.717) is 6.42 Å². The minimum atomic E-state index is -0.412. The van der Waals surface area contributed by atoms with Gasteiger partial charge in [0.05, 0.1) is 6.10 Å². The summed E-state index contributed by atoms with van der Waals surface area (Å²) in [6, 6.07) is 11.5. The zero-order valence-electron chi connectivity index (χ0n) is 10.3. The molecule has 1 aromatic carbocycles. The Morgan fingerprint density at radius 3 is 2.67 bits per heavy atom. The molecule has 1 unspecified atom stereocenters. The van der Waals surface area contributed by atoms with Crippen LogP contribution in [0.1, 0.15) is 36.1 Å². The Morgan fingerprint density at radius 2 is 1.94 bits per heavy atom. The van der Waals surface area contributed by atoms with Crippen LogP contribution in [0.3, 0.4) is 0 Å². The third-order valence-corrected chi connectivity index (χ3v) is 2.67. The first-order chi connectivity index (χ1) is 8.79. The highest BCUT2D eigenvalue weighted by molar-refractivity contribution is 5.43. The van der Waals surface area contributed by atoms with Crippen LogP contribution in [0, 0.1) is 11.8 Å². The van der Waals surface area contributed by atoms with Crippen LogP contribution in [-0.4, -0.2) is 10.1 Å². The summed E-state index contributed by atoms with van der Waals surface area (Å²) in [5, 5.41) is 9.78. The lowest BCUT2D eigenvalue weighted by atomic mass is 10.0. The maximum absolute atomic E-state index is 9.78. The van der Waals surface area contributed by atoms with Crippen molar-refractivity contribution in [3.63, 3.8) is 0 Å². The minimum absolute atomic E-state index is 0.412. The first-order valence-electron chi connectivity index (χ1n) is 5.99. The van der Waals surface area contributed by atoms with Gasteiger partial charge in [-0.25, -0.2) is 0 Å². The lowest BCUT2D eigenvalue weighted by molar-refractivity contribution is 0.173. The van der Waals surface area contributed by atoms with Crippen molar-refractivity contribution in [3.05, 3.63) is 65.5 Å². The average Bonchev–Trinajstić information content (AvgIpc) is 2.45. The predicted molar refractivity (Wildman–Crippen MR) is 71.9 cm³/mol. The number of hydrogen-bond acceptors (Lipinski definition) is 2. The second-order valence-corrected chi connectivity index (χ2v) is 4.04. The van der Waals surface area contributed by atoms with Crippen molar-refractivity contribution < 1.29 is 5.11 Å². The van der Waals surface area contributed by atoms with Gasteiger partial charge in [0.25, 0.3) is 0 Å². The van der Waals surface area contributed by atoms with E-state index in [1.165, 1.54) is 0 Å².